The number of carbonyl (C=O) groups excluding carboxylic acids is 1. The van der Waals surface area contributed by atoms with Crippen LogP contribution in [0.5, 0.6) is 5.75 Å². The second-order valence-electron chi connectivity index (χ2n) is 4.86. The fourth-order valence-corrected chi connectivity index (χ4v) is 3.52. The van der Waals surface area contributed by atoms with E-state index in [9.17, 15) is 4.79 Å². The van der Waals surface area contributed by atoms with Crippen molar-refractivity contribution in [3.8, 4) is 5.75 Å². The van der Waals surface area contributed by atoms with Crippen LogP contribution in [0.4, 0.5) is 0 Å². The fourth-order valence-electron chi connectivity index (χ4n) is 1.87. The van der Waals surface area contributed by atoms with Crippen LogP contribution in [0.1, 0.15) is 12.7 Å². The molecule has 4 nitrogen and oxygen atoms in total. The third-order valence-corrected chi connectivity index (χ3v) is 5.20. The molecule has 23 heavy (non-hydrogen) atoms. The van der Waals surface area contributed by atoms with E-state index in [-0.39, 0.29) is 11.2 Å². The van der Waals surface area contributed by atoms with Crippen LogP contribution in [0.2, 0.25) is 0 Å². The summed E-state index contributed by atoms with van der Waals surface area (Å²) in [5.41, 5.74) is 0. The molecule has 124 valence electrons. The molecule has 0 spiro atoms. The molecule has 0 aliphatic heterocycles. The Hall–Kier alpha value is -1.53. The standard InChI is InChI=1S/C17H21NO3S2/c1-13(23-16-7-5-14(20-2)6-8-16)17(19)18-9-11-22-12-15-4-3-10-21-15/h3-8,10,13H,9,11-12H2,1-2H3,(H,18,19)/t13-/m0/s1. The van der Waals surface area contributed by atoms with E-state index < -0.39 is 0 Å². The van der Waals surface area contributed by atoms with Gasteiger partial charge in [0, 0.05) is 17.2 Å². The summed E-state index contributed by atoms with van der Waals surface area (Å²) < 4.78 is 10.4. The number of benzene rings is 1. The third kappa shape index (κ3) is 6.23. The van der Waals surface area contributed by atoms with Crippen molar-refractivity contribution < 1.29 is 13.9 Å². The summed E-state index contributed by atoms with van der Waals surface area (Å²) in [6, 6.07) is 11.6. The minimum Gasteiger partial charge on any atom is -0.497 e. The van der Waals surface area contributed by atoms with Gasteiger partial charge in [0.05, 0.1) is 24.4 Å². The van der Waals surface area contributed by atoms with Crippen molar-refractivity contribution in [3.63, 3.8) is 0 Å². The van der Waals surface area contributed by atoms with Crippen molar-refractivity contribution in [2.75, 3.05) is 19.4 Å². The van der Waals surface area contributed by atoms with Crippen LogP contribution < -0.4 is 10.1 Å². The zero-order chi connectivity index (χ0) is 16.5. The number of thioether (sulfide) groups is 2. The molecule has 0 aliphatic rings. The summed E-state index contributed by atoms with van der Waals surface area (Å²) in [7, 11) is 1.64. The first kappa shape index (κ1) is 17.8. The molecule has 1 atom stereocenters. The Kier molecular flexibility index (Phi) is 7.42. The van der Waals surface area contributed by atoms with Gasteiger partial charge in [-0.15, -0.1) is 11.8 Å². The predicted octanol–water partition coefficient (Wildman–Crippen LogP) is 3.82. The predicted molar refractivity (Wildman–Crippen MR) is 96.2 cm³/mol. The van der Waals surface area contributed by atoms with Crippen molar-refractivity contribution in [1.82, 2.24) is 5.32 Å². The van der Waals surface area contributed by atoms with Crippen molar-refractivity contribution in [2.24, 2.45) is 0 Å². The maximum atomic E-state index is 12.1. The molecule has 1 aromatic heterocycles. The number of ether oxygens (including phenoxy) is 1. The maximum Gasteiger partial charge on any atom is 0.233 e. The van der Waals surface area contributed by atoms with Crippen LogP contribution >= 0.6 is 23.5 Å². The summed E-state index contributed by atoms with van der Waals surface area (Å²) in [6.45, 7) is 2.58. The van der Waals surface area contributed by atoms with Crippen LogP contribution in [0, 0.1) is 0 Å². The summed E-state index contributed by atoms with van der Waals surface area (Å²) >= 11 is 3.29. The van der Waals surface area contributed by atoms with Gasteiger partial charge in [-0.25, -0.2) is 0 Å². The normalized spacial score (nSPS) is 11.9. The van der Waals surface area contributed by atoms with E-state index in [4.69, 9.17) is 9.15 Å². The molecule has 0 unspecified atom stereocenters. The number of carbonyl (C=O) groups is 1. The maximum absolute atomic E-state index is 12.1. The molecular formula is C17H21NO3S2. The van der Waals surface area contributed by atoms with Crippen LogP contribution in [0.3, 0.4) is 0 Å². The number of nitrogens with one attached hydrogen (secondary N) is 1. The van der Waals surface area contributed by atoms with Gasteiger partial charge in [-0.3, -0.25) is 4.79 Å². The molecule has 6 heteroatoms. The monoisotopic (exact) mass is 351 g/mol. The third-order valence-electron chi connectivity index (χ3n) is 3.11. The number of furan rings is 1. The molecule has 0 saturated carbocycles. The van der Waals surface area contributed by atoms with Gasteiger partial charge in [-0.05, 0) is 43.3 Å². The first-order valence-electron chi connectivity index (χ1n) is 7.37. The number of amides is 1. The Morgan fingerprint density at radius 1 is 1.30 bits per heavy atom. The lowest BCUT2D eigenvalue weighted by Gasteiger charge is -2.12. The molecule has 1 heterocycles. The summed E-state index contributed by atoms with van der Waals surface area (Å²) in [6.07, 6.45) is 1.68. The molecule has 2 aromatic rings. The Labute approximate surface area is 145 Å². The Morgan fingerprint density at radius 2 is 2.09 bits per heavy atom. The van der Waals surface area contributed by atoms with E-state index in [1.54, 1.807) is 36.9 Å². The van der Waals surface area contributed by atoms with E-state index in [2.05, 4.69) is 5.32 Å². The smallest absolute Gasteiger partial charge is 0.233 e. The minimum absolute atomic E-state index is 0.0596. The van der Waals surface area contributed by atoms with E-state index in [1.807, 2.05) is 43.3 Å². The molecule has 0 aliphatic carbocycles. The Bertz CT molecular complexity index is 584. The largest absolute Gasteiger partial charge is 0.497 e. The van der Waals surface area contributed by atoms with Gasteiger partial charge >= 0.3 is 0 Å². The molecule has 1 aromatic carbocycles. The van der Waals surface area contributed by atoms with Gasteiger partial charge in [0.25, 0.3) is 0 Å². The topological polar surface area (TPSA) is 51.5 Å². The second kappa shape index (κ2) is 9.57. The highest BCUT2D eigenvalue weighted by Gasteiger charge is 2.13. The number of hydrogen-bond acceptors (Lipinski definition) is 5. The lowest BCUT2D eigenvalue weighted by atomic mass is 10.3. The molecule has 2 rings (SSSR count). The van der Waals surface area contributed by atoms with E-state index in [1.165, 1.54) is 0 Å². The molecule has 1 amide bonds. The Morgan fingerprint density at radius 3 is 2.74 bits per heavy atom. The zero-order valence-corrected chi connectivity index (χ0v) is 14.9. The van der Waals surface area contributed by atoms with Gasteiger partial charge in [0.1, 0.15) is 11.5 Å². The number of hydrogen-bond donors (Lipinski definition) is 1. The van der Waals surface area contributed by atoms with Crippen molar-refractivity contribution in [2.45, 2.75) is 22.8 Å². The van der Waals surface area contributed by atoms with Gasteiger partial charge in [0.15, 0.2) is 0 Å². The SMILES string of the molecule is COc1ccc(S[C@@H](C)C(=O)NCCSCc2ccco2)cc1. The molecule has 0 saturated heterocycles. The number of methoxy groups -OCH3 is 1. The van der Waals surface area contributed by atoms with E-state index in [0.717, 1.165) is 27.9 Å². The molecule has 0 radical (unpaired) electrons. The van der Waals surface area contributed by atoms with Gasteiger partial charge < -0.3 is 14.5 Å². The van der Waals surface area contributed by atoms with Crippen LogP contribution in [-0.4, -0.2) is 30.6 Å². The van der Waals surface area contributed by atoms with Gasteiger partial charge in [-0.1, -0.05) is 0 Å². The molecule has 1 N–H and O–H groups in total. The molecule has 0 bridgehead atoms. The zero-order valence-electron chi connectivity index (χ0n) is 13.3. The molecule has 0 fully saturated rings. The second-order valence-corrected chi connectivity index (χ2v) is 7.38. The van der Waals surface area contributed by atoms with E-state index in [0.29, 0.717) is 6.54 Å². The van der Waals surface area contributed by atoms with Crippen molar-refractivity contribution in [1.29, 1.82) is 0 Å². The summed E-state index contributed by atoms with van der Waals surface area (Å²) in [4.78, 5) is 13.1. The van der Waals surface area contributed by atoms with Crippen LogP contribution in [0.15, 0.2) is 52.0 Å². The Balaban J connectivity index is 1.63. The highest BCUT2D eigenvalue weighted by molar-refractivity contribution is 8.00. The van der Waals surface area contributed by atoms with Crippen LogP contribution in [-0.2, 0) is 10.5 Å². The summed E-state index contributed by atoms with van der Waals surface area (Å²) in [5, 5.41) is 2.84. The lowest BCUT2D eigenvalue weighted by molar-refractivity contribution is -0.120. The van der Waals surface area contributed by atoms with Gasteiger partial charge in [0.2, 0.25) is 5.91 Å². The summed E-state index contributed by atoms with van der Waals surface area (Å²) in [5.74, 6) is 3.54. The average Bonchev–Trinajstić information content (AvgIpc) is 3.08. The minimum atomic E-state index is -0.126. The fraction of sp³-hybridized carbons (Fsp3) is 0.353. The highest BCUT2D eigenvalue weighted by Crippen LogP contribution is 2.25. The lowest BCUT2D eigenvalue weighted by Crippen LogP contribution is -2.32. The average molecular weight is 351 g/mol. The van der Waals surface area contributed by atoms with Crippen molar-refractivity contribution in [3.05, 3.63) is 48.4 Å². The highest BCUT2D eigenvalue weighted by atomic mass is 32.2. The first-order chi connectivity index (χ1) is 11.2. The van der Waals surface area contributed by atoms with Crippen molar-refractivity contribution >= 4 is 29.4 Å². The first-order valence-corrected chi connectivity index (χ1v) is 9.41. The van der Waals surface area contributed by atoms with Gasteiger partial charge in [-0.2, -0.15) is 11.8 Å². The van der Waals surface area contributed by atoms with Crippen LogP contribution in [0.25, 0.3) is 0 Å². The van der Waals surface area contributed by atoms with E-state index >= 15 is 0 Å². The number of rotatable bonds is 9. The quantitative estimate of drug-likeness (QED) is 0.550. The molecular weight excluding hydrogens is 330 g/mol.